The van der Waals surface area contributed by atoms with Crippen molar-refractivity contribution >= 4 is 40.7 Å². The SMILES string of the molecule is O=C=NC(=O)/C=C/c1ccccc1I. The third kappa shape index (κ3) is 3.24. The summed E-state index contributed by atoms with van der Waals surface area (Å²) in [5, 5.41) is 0. The lowest BCUT2D eigenvalue weighted by molar-refractivity contribution is -0.113. The number of carbonyl (C=O) groups is 1. The summed E-state index contributed by atoms with van der Waals surface area (Å²) in [6.07, 6.45) is 4.05. The van der Waals surface area contributed by atoms with Crippen LogP contribution in [-0.2, 0) is 9.59 Å². The first kappa shape index (κ1) is 10.8. The molecule has 0 saturated carbocycles. The molecule has 0 aliphatic rings. The molecule has 0 atom stereocenters. The summed E-state index contributed by atoms with van der Waals surface area (Å²) in [5.41, 5.74) is 0.919. The summed E-state index contributed by atoms with van der Waals surface area (Å²) in [5.74, 6) is -0.598. The molecule has 3 nitrogen and oxygen atoms in total. The Hall–Kier alpha value is -1.26. The Morgan fingerprint density at radius 1 is 1.43 bits per heavy atom. The molecular formula is C10H6INO2. The first-order valence-electron chi connectivity index (χ1n) is 3.78. The smallest absolute Gasteiger partial charge is 0.267 e. The topological polar surface area (TPSA) is 46.5 Å². The van der Waals surface area contributed by atoms with Gasteiger partial charge >= 0.3 is 0 Å². The van der Waals surface area contributed by atoms with Crippen molar-refractivity contribution in [2.45, 2.75) is 0 Å². The fraction of sp³-hybridized carbons (Fsp3) is 0. The van der Waals surface area contributed by atoms with Gasteiger partial charge in [-0.1, -0.05) is 18.2 Å². The van der Waals surface area contributed by atoms with Gasteiger partial charge in [-0.05, 0) is 40.3 Å². The molecule has 0 saturated heterocycles. The molecule has 1 aromatic carbocycles. The van der Waals surface area contributed by atoms with Crippen LogP contribution in [0.2, 0.25) is 0 Å². The fourth-order valence-electron chi connectivity index (χ4n) is 0.854. The van der Waals surface area contributed by atoms with E-state index in [1.807, 2.05) is 24.3 Å². The first-order valence-corrected chi connectivity index (χ1v) is 4.86. The normalized spacial score (nSPS) is 9.79. The fourth-order valence-corrected chi connectivity index (χ4v) is 1.42. The van der Waals surface area contributed by atoms with Crippen molar-refractivity contribution < 1.29 is 9.59 Å². The van der Waals surface area contributed by atoms with Gasteiger partial charge in [-0.2, -0.15) is 0 Å². The molecule has 4 heteroatoms. The highest BCUT2D eigenvalue weighted by molar-refractivity contribution is 14.1. The van der Waals surface area contributed by atoms with Gasteiger partial charge in [0.1, 0.15) is 0 Å². The number of amides is 1. The van der Waals surface area contributed by atoms with Crippen molar-refractivity contribution in [3.05, 3.63) is 39.5 Å². The molecule has 0 N–H and O–H groups in total. The van der Waals surface area contributed by atoms with Crippen molar-refractivity contribution in [1.82, 2.24) is 0 Å². The average Bonchev–Trinajstić information content (AvgIpc) is 2.17. The van der Waals surface area contributed by atoms with Crippen LogP contribution in [0.4, 0.5) is 0 Å². The molecule has 0 radical (unpaired) electrons. The quantitative estimate of drug-likeness (QED) is 0.364. The maximum absolute atomic E-state index is 10.8. The van der Waals surface area contributed by atoms with Gasteiger partial charge in [0.05, 0.1) is 0 Å². The Balaban J connectivity index is 2.83. The molecule has 70 valence electrons. The Kier molecular flexibility index (Phi) is 4.22. The summed E-state index contributed by atoms with van der Waals surface area (Å²) < 4.78 is 1.03. The summed E-state index contributed by atoms with van der Waals surface area (Å²) in [7, 11) is 0. The van der Waals surface area contributed by atoms with Gasteiger partial charge in [0.25, 0.3) is 5.91 Å². The summed E-state index contributed by atoms with van der Waals surface area (Å²) in [4.78, 5) is 23.5. The molecule has 0 unspecified atom stereocenters. The van der Waals surface area contributed by atoms with Gasteiger partial charge in [0.2, 0.25) is 6.08 Å². The number of carbonyl (C=O) groups excluding carboxylic acids is 2. The number of halogens is 1. The molecule has 1 amide bonds. The van der Waals surface area contributed by atoms with Crippen molar-refractivity contribution in [3.63, 3.8) is 0 Å². The predicted molar refractivity (Wildman–Crippen MR) is 61.3 cm³/mol. The van der Waals surface area contributed by atoms with Crippen molar-refractivity contribution in [2.75, 3.05) is 0 Å². The minimum atomic E-state index is -0.598. The molecule has 14 heavy (non-hydrogen) atoms. The number of hydrogen-bond donors (Lipinski definition) is 0. The van der Waals surface area contributed by atoms with Gasteiger partial charge in [-0.15, -0.1) is 4.99 Å². The molecule has 0 fully saturated rings. The van der Waals surface area contributed by atoms with Gasteiger partial charge in [0.15, 0.2) is 0 Å². The van der Waals surface area contributed by atoms with E-state index >= 15 is 0 Å². The van der Waals surface area contributed by atoms with Gasteiger partial charge in [0, 0.05) is 9.65 Å². The third-order valence-electron chi connectivity index (χ3n) is 1.47. The zero-order valence-electron chi connectivity index (χ0n) is 7.11. The van der Waals surface area contributed by atoms with Crippen LogP contribution in [0.1, 0.15) is 5.56 Å². The highest BCUT2D eigenvalue weighted by atomic mass is 127. The van der Waals surface area contributed by atoms with E-state index in [0.717, 1.165) is 9.13 Å². The van der Waals surface area contributed by atoms with Crippen LogP contribution in [-0.4, -0.2) is 12.0 Å². The van der Waals surface area contributed by atoms with E-state index < -0.39 is 5.91 Å². The number of benzene rings is 1. The van der Waals surface area contributed by atoms with E-state index in [2.05, 4.69) is 27.6 Å². The predicted octanol–water partition coefficient (Wildman–Crippen LogP) is 2.17. The van der Waals surface area contributed by atoms with Gasteiger partial charge < -0.3 is 0 Å². The average molecular weight is 299 g/mol. The number of isocyanates is 1. The molecular weight excluding hydrogens is 293 g/mol. The van der Waals surface area contributed by atoms with E-state index in [-0.39, 0.29) is 0 Å². The number of nitrogens with zero attached hydrogens (tertiary/aromatic N) is 1. The van der Waals surface area contributed by atoms with Crippen LogP contribution in [0.15, 0.2) is 35.3 Å². The number of aliphatic imine (C=N–C) groups is 1. The molecule has 0 heterocycles. The molecule has 1 rings (SSSR count). The lowest BCUT2D eigenvalue weighted by Crippen LogP contribution is -1.85. The standard InChI is InChI=1S/C10H6INO2/c11-9-4-2-1-3-8(9)5-6-10(14)12-7-13/h1-6H/b6-5+. The molecule has 1 aromatic rings. The maximum Gasteiger partial charge on any atom is 0.280 e. The van der Waals surface area contributed by atoms with Crippen LogP contribution in [0.5, 0.6) is 0 Å². The Bertz CT molecular complexity index is 420. The molecule has 0 aliphatic carbocycles. The second kappa shape index (κ2) is 5.47. The lowest BCUT2D eigenvalue weighted by Gasteiger charge is -1.94. The van der Waals surface area contributed by atoms with Crippen molar-refractivity contribution in [1.29, 1.82) is 0 Å². The Labute approximate surface area is 94.7 Å². The molecule has 0 aliphatic heterocycles. The molecule has 0 spiro atoms. The van der Waals surface area contributed by atoms with Crippen LogP contribution in [0.25, 0.3) is 6.08 Å². The van der Waals surface area contributed by atoms with Crippen molar-refractivity contribution in [3.8, 4) is 0 Å². The molecule has 0 bridgehead atoms. The lowest BCUT2D eigenvalue weighted by atomic mass is 10.2. The monoisotopic (exact) mass is 299 g/mol. The largest absolute Gasteiger partial charge is 0.280 e. The van der Waals surface area contributed by atoms with E-state index in [0.29, 0.717) is 0 Å². The van der Waals surface area contributed by atoms with E-state index in [1.165, 1.54) is 12.2 Å². The van der Waals surface area contributed by atoms with Crippen molar-refractivity contribution in [2.24, 2.45) is 4.99 Å². The van der Waals surface area contributed by atoms with E-state index in [9.17, 15) is 9.59 Å². The van der Waals surface area contributed by atoms with Crippen LogP contribution in [0, 0.1) is 3.57 Å². The van der Waals surface area contributed by atoms with Gasteiger partial charge in [-0.3, -0.25) is 4.79 Å². The Morgan fingerprint density at radius 3 is 2.79 bits per heavy atom. The van der Waals surface area contributed by atoms with Gasteiger partial charge in [-0.25, -0.2) is 4.79 Å². The summed E-state index contributed by atoms with van der Waals surface area (Å²) in [6, 6.07) is 7.57. The minimum absolute atomic E-state index is 0.598. The second-order valence-electron chi connectivity index (χ2n) is 2.40. The third-order valence-corrected chi connectivity index (χ3v) is 2.45. The van der Waals surface area contributed by atoms with Crippen LogP contribution in [0.3, 0.4) is 0 Å². The first-order chi connectivity index (χ1) is 6.74. The van der Waals surface area contributed by atoms with E-state index in [4.69, 9.17) is 0 Å². The zero-order chi connectivity index (χ0) is 10.4. The second-order valence-corrected chi connectivity index (χ2v) is 3.56. The molecule has 0 aromatic heterocycles. The summed E-state index contributed by atoms with van der Waals surface area (Å²) >= 11 is 2.16. The Morgan fingerprint density at radius 2 is 2.14 bits per heavy atom. The van der Waals surface area contributed by atoms with Crippen LogP contribution >= 0.6 is 22.6 Å². The van der Waals surface area contributed by atoms with Crippen LogP contribution < -0.4 is 0 Å². The number of rotatable bonds is 2. The highest BCUT2D eigenvalue weighted by Gasteiger charge is 1.94. The maximum atomic E-state index is 10.8. The minimum Gasteiger partial charge on any atom is -0.267 e. The summed E-state index contributed by atoms with van der Waals surface area (Å²) in [6.45, 7) is 0. The zero-order valence-corrected chi connectivity index (χ0v) is 9.26. The number of hydrogen-bond acceptors (Lipinski definition) is 2. The van der Waals surface area contributed by atoms with E-state index in [1.54, 1.807) is 6.08 Å². The highest BCUT2D eigenvalue weighted by Crippen LogP contribution is 2.12.